The van der Waals surface area contributed by atoms with Crippen LogP contribution in [0.15, 0.2) is 42.7 Å². The summed E-state index contributed by atoms with van der Waals surface area (Å²) in [5.74, 6) is -0.116. The first-order valence-electron chi connectivity index (χ1n) is 12.4. The van der Waals surface area contributed by atoms with E-state index in [1.807, 2.05) is 0 Å². The number of halogens is 2. The minimum absolute atomic E-state index is 0.195. The predicted molar refractivity (Wildman–Crippen MR) is 147 cm³/mol. The molecule has 1 N–H and O–H groups in total. The van der Waals surface area contributed by atoms with Gasteiger partial charge in [0, 0.05) is 25.9 Å². The summed E-state index contributed by atoms with van der Waals surface area (Å²) >= 11 is 0. The molecule has 42 heavy (non-hydrogen) atoms. The summed E-state index contributed by atoms with van der Waals surface area (Å²) in [6.07, 6.45) is 1.54. The van der Waals surface area contributed by atoms with Crippen LogP contribution in [-0.2, 0) is 0 Å². The Balaban J connectivity index is 1.57. The van der Waals surface area contributed by atoms with Crippen molar-refractivity contribution in [1.29, 1.82) is 5.26 Å². The minimum Gasteiger partial charge on any atom is -0.479 e. The van der Waals surface area contributed by atoms with Crippen LogP contribution in [0.2, 0.25) is 0 Å². The third-order valence-corrected chi connectivity index (χ3v) is 6.17. The molecule has 0 aliphatic heterocycles. The van der Waals surface area contributed by atoms with Gasteiger partial charge in [0.15, 0.2) is 11.5 Å². The van der Waals surface area contributed by atoms with Crippen molar-refractivity contribution in [1.82, 2.24) is 39.4 Å². The number of aryl methyl sites for hydroxylation is 2. The summed E-state index contributed by atoms with van der Waals surface area (Å²) in [4.78, 5) is 23.3. The molecule has 0 saturated carbocycles. The number of nitriles is 1. The van der Waals surface area contributed by atoms with Crippen LogP contribution < -0.4 is 14.8 Å². The van der Waals surface area contributed by atoms with Crippen LogP contribution in [0, 0.1) is 25.2 Å². The molecule has 5 rings (SSSR count). The molecule has 0 aliphatic carbocycles. The Labute approximate surface area is 237 Å². The van der Waals surface area contributed by atoms with Gasteiger partial charge in [0.05, 0.1) is 35.3 Å². The number of hydrogen-bond donors (Lipinski definition) is 1. The van der Waals surface area contributed by atoms with E-state index in [1.54, 1.807) is 69.2 Å². The van der Waals surface area contributed by atoms with Crippen LogP contribution in [0.3, 0.4) is 0 Å². The monoisotopic (exact) mass is 574 g/mol. The Morgan fingerprint density at radius 3 is 2.62 bits per heavy atom. The number of rotatable bonds is 8. The summed E-state index contributed by atoms with van der Waals surface area (Å²) < 4.78 is 38.5. The van der Waals surface area contributed by atoms with E-state index >= 15 is 0 Å². The largest absolute Gasteiger partial charge is 0.479 e. The molecule has 214 valence electrons. The Hall–Kier alpha value is -5.65. The lowest BCUT2D eigenvalue weighted by molar-refractivity contribution is -0.0530. The highest BCUT2D eigenvalue weighted by Crippen LogP contribution is 2.32. The number of nitrogens with zero attached hydrogens (tertiary/aromatic N) is 9. The van der Waals surface area contributed by atoms with Crippen molar-refractivity contribution in [2.24, 2.45) is 0 Å². The van der Waals surface area contributed by atoms with Gasteiger partial charge in [-0.1, -0.05) is 0 Å². The second-order valence-corrected chi connectivity index (χ2v) is 9.30. The van der Waals surface area contributed by atoms with Crippen molar-refractivity contribution in [2.75, 3.05) is 26.5 Å². The fraction of sp³-hybridized carbons (Fsp3) is 0.222. The fourth-order valence-electron chi connectivity index (χ4n) is 4.25. The number of fused-ring (bicyclic) bond motifs is 1. The summed E-state index contributed by atoms with van der Waals surface area (Å²) in [5, 5.41) is 25.1. The number of pyridine rings is 1. The number of carbonyl (C=O) groups excluding carboxylic acids is 1. The van der Waals surface area contributed by atoms with Gasteiger partial charge < -0.3 is 19.7 Å². The Morgan fingerprint density at radius 1 is 1.14 bits per heavy atom. The van der Waals surface area contributed by atoms with Crippen molar-refractivity contribution in [2.45, 2.75) is 20.5 Å². The second-order valence-electron chi connectivity index (χ2n) is 9.30. The smallest absolute Gasteiger partial charge is 0.388 e. The minimum atomic E-state index is -3.04. The molecule has 0 aliphatic rings. The number of benzene rings is 1. The van der Waals surface area contributed by atoms with Gasteiger partial charge in [-0.15, -0.1) is 10.2 Å². The molecule has 4 heterocycles. The Morgan fingerprint density at radius 2 is 1.93 bits per heavy atom. The molecule has 13 nitrogen and oxygen atoms in total. The third kappa shape index (κ3) is 5.24. The second kappa shape index (κ2) is 11.1. The number of imidazole rings is 1. The number of methoxy groups -OCH3 is 1. The molecule has 0 bridgehead atoms. The zero-order valence-corrected chi connectivity index (χ0v) is 23.1. The van der Waals surface area contributed by atoms with Crippen molar-refractivity contribution in [3.05, 3.63) is 65.2 Å². The van der Waals surface area contributed by atoms with Crippen LogP contribution in [-0.4, -0.2) is 73.1 Å². The molecule has 0 fully saturated rings. The first kappa shape index (κ1) is 27.9. The molecular weight excluding hydrogens is 550 g/mol. The van der Waals surface area contributed by atoms with E-state index < -0.39 is 6.61 Å². The maximum atomic E-state index is 12.8. The maximum Gasteiger partial charge on any atom is 0.388 e. The summed E-state index contributed by atoms with van der Waals surface area (Å²) in [5.41, 5.74) is 3.86. The number of aromatic nitrogens is 7. The average molecular weight is 575 g/mol. The molecular formula is C27H24F2N10O3. The molecule has 0 radical (unpaired) electrons. The van der Waals surface area contributed by atoms with Crippen molar-refractivity contribution < 1.29 is 23.0 Å². The molecule has 5 aromatic rings. The predicted octanol–water partition coefficient (Wildman–Crippen LogP) is 3.94. The molecule has 4 aromatic heterocycles. The van der Waals surface area contributed by atoms with Gasteiger partial charge in [-0.3, -0.25) is 9.36 Å². The highest BCUT2D eigenvalue weighted by atomic mass is 19.3. The number of anilines is 2. The summed E-state index contributed by atoms with van der Waals surface area (Å²) in [7, 11) is 4.73. The van der Waals surface area contributed by atoms with Crippen molar-refractivity contribution in [3.63, 3.8) is 0 Å². The topological polar surface area (TPSA) is 149 Å². The molecule has 1 amide bonds. The van der Waals surface area contributed by atoms with Gasteiger partial charge in [0.2, 0.25) is 11.8 Å². The van der Waals surface area contributed by atoms with E-state index in [0.717, 1.165) is 0 Å². The normalized spacial score (nSPS) is 11.0. The maximum absolute atomic E-state index is 12.8. The number of nitrogens with one attached hydrogen (secondary N) is 1. The van der Waals surface area contributed by atoms with E-state index in [0.29, 0.717) is 45.2 Å². The lowest BCUT2D eigenvalue weighted by Crippen LogP contribution is -2.23. The number of ether oxygens (including phenoxy) is 2. The van der Waals surface area contributed by atoms with Crippen molar-refractivity contribution >= 4 is 28.6 Å². The fourth-order valence-corrected chi connectivity index (χ4v) is 4.25. The Bertz CT molecular complexity index is 1860. The van der Waals surface area contributed by atoms with E-state index in [2.05, 4.69) is 41.4 Å². The molecule has 1 aromatic carbocycles. The SMILES string of the molecule is COc1nc2c(cc1Nc1nnc(C)cc1C(=O)N(C)C)ncn2-c1ccc(C#N)c(-n2nc(OC(F)F)cc2C)c1. The lowest BCUT2D eigenvalue weighted by Gasteiger charge is -2.16. The van der Waals surface area contributed by atoms with Crippen LogP contribution >= 0.6 is 0 Å². The van der Waals surface area contributed by atoms with Gasteiger partial charge in [-0.05, 0) is 44.2 Å². The molecule has 0 saturated heterocycles. The van der Waals surface area contributed by atoms with Crippen LogP contribution in [0.25, 0.3) is 22.5 Å². The van der Waals surface area contributed by atoms with E-state index in [9.17, 15) is 18.8 Å². The van der Waals surface area contributed by atoms with Crippen molar-refractivity contribution in [3.8, 4) is 29.2 Å². The molecule has 0 spiro atoms. The Kier molecular flexibility index (Phi) is 7.36. The van der Waals surface area contributed by atoms with Crippen LogP contribution in [0.1, 0.15) is 27.3 Å². The molecule has 15 heteroatoms. The quantitative estimate of drug-likeness (QED) is 0.289. The summed E-state index contributed by atoms with van der Waals surface area (Å²) in [6, 6.07) is 11.7. The number of amides is 1. The third-order valence-electron chi connectivity index (χ3n) is 6.17. The van der Waals surface area contributed by atoms with Gasteiger partial charge in [-0.25, -0.2) is 9.67 Å². The van der Waals surface area contributed by atoms with Gasteiger partial charge in [0.1, 0.15) is 23.6 Å². The standard InChI is InChI=1S/C27H24F2N10O3/c1-14-8-18(26(40)37(3)4)23(35-34-14)32-20-11-19-24(33-25(20)41-5)38(13-31-19)17-7-6-16(12-30)21(10-17)39-15(2)9-22(36-39)42-27(28)29/h6-11,13,27H,1-5H3,(H,32,35). The number of carbonyl (C=O) groups is 1. The number of hydrogen-bond acceptors (Lipinski definition) is 10. The first-order chi connectivity index (χ1) is 20.1. The van der Waals surface area contributed by atoms with E-state index in [4.69, 9.17) is 4.74 Å². The van der Waals surface area contributed by atoms with Gasteiger partial charge >= 0.3 is 6.61 Å². The lowest BCUT2D eigenvalue weighted by atomic mass is 10.1. The van der Waals surface area contributed by atoms with E-state index in [1.165, 1.54) is 22.8 Å². The zero-order valence-electron chi connectivity index (χ0n) is 23.1. The van der Waals surface area contributed by atoms with Gasteiger partial charge in [0.25, 0.3) is 5.91 Å². The first-order valence-corrected chi connectivity index (χ1v) is 12.4. The molecule has 0 atom stereocenters. The van der Waals surface area contributed by atoms with Crippen LogP contribution in [0.5, 0.6) is 11.8 Å². The van der Waals surface area contributed by atoms with E-state index in [-0.39, 0.29) is 29.0 Å². The number of alkyl halides is 2. The van der Waals surface area contributed by atoms with Crippen LogP contribution in [0.4, 0.5) is 20.3 Å². The highest BCUT2D eigenvalue weighted by Gasteiger charge is 2.20. The summed E-state index contributed by atoms with van der Waals surface area (Å²) in [6.45, 7) is 0.357. The highest BCUT2D eigenvalue weighted by molar-refractivity contribution is 5.99. The van der Waals surface area contributed by atoms with Gasteiger partial charge in [-0.2, -0.15) is 24.1 Å². The zero-order chi connectivity index (χ0) is 30.1. The molecule has 0 unspecified atom stereocenters. The average Bonchev–Trinajstić information content (AvgIpc) is 3.54.